The molecule has 1 aliphatic heterocycles. The van der Waals surface area contributed by atoms with E-state index in [1.165, 1.54) is 4.31 Å². The molecule has 0 bridgehead atoms. The van der Waals surface area contributed by atoms with Crippen molar-refractivity contribution in [2.45, 2.75) is 23.8 Å². The van der Waals surface area contributed by atoms with Crippen LogP contribution in [0.5, 0.6) is 0 Å². The summed E-state index contributed by atoms with van der Waals surface area (Å²) < 4.78 is 34.9. The normalized spacial score (nSPS) is 20.8. The standard InChI is InChI=1S/C11H14N4O2S2.ClH/c12-8-3-2-6-15(7-8)19(16,17)10-5-1-4-9-11(10)14-18-13-9;/h1,4-5,8H,2-3,6-7,12H2;1H/t8-;/m1./s1. The molecule has 0 saturated carbocycles. The molecule has 1 aromatic carbocycles. The van der Waals surface area contributed by atoms with Crippen molar-refractivity contribution in [2.24, 2.45) is 5.73 Å². The van der Waals surface area contributed by atoms with Crippen LogP contribution >= 0.6 is 24.1 Å². The van der Waals surface area contributed by atoms with E-state index in [1.807, 2.05) is 0 Å². The highest BCUT2D eigenvalue weighted by atomic mass is 35.5. The Hall–Kier alpha value is -0.800. The van der Waals surface area contributed by atoms with E-state index in [4.69, 9.17) is 5.73 Å². The Bertz CT molecular complexity index is 703. The van der Waals surface area contributed by atoms with Gasteiger partial charge >= 0.3 is 0 Å². The number of sulfonamides is 1. The third-order valence-corrected chi connectivity index (χ3v) is 5.73. The molecule has 0 amide bonds. The predicted molar refractivity (Wildman–Crippen MR) is 80.6 cm³/mol. The second kappa shape index (κ2) is 5.90. The Morgan fingerprint density at radius 2 is 2.15 bits per heavy atom. The fraction of sp³-hybridized carbons (Fsp3) is 0.455. The average Bonchev–Trinajstić information content (AvgIpc) is 2.86. The average molecular weight is 335 g/mol. The SMILES string of the molecule is Cl.N[C@@H]1CCCN(S(=O)(=O)c2cccc3nsnc23)C1. The molecule has 0 radical (unpaired) electrons. The van der Waals surface area contributed by atoms with Crippen molar-refractivity contribution >= 4 is 45.2 Å². The number of halogens is 1. The highest BCUT2D eigenvalue weighted by Crippen LogP contribution is 2.26. The van der Waals surface area contributed by atoms with Gasteiger partial charge in [-0.05, 0) is 25.0 Å². The van der Waals surface area contributed by atoms with Crippen molar-refractivity contribution < 1.29 is 8.42 Å². The van der Waals surface area contributed by atoms with Crippen molar-refractivity contribution in [2.75, 3.05) is 13.1 Å². The molecule has 0 spiro atoms. The molecule has 0 unspecified atom stereocenters. The van der Waals surface area contributed by atoms with Gasteiger partial charge in [-0.2, -0.15) is 13.1 Å². The van der Waals surface area contributed by atoms with Crippen molar-refractivity contribution in [1.82, 2.24) is 13.1 Å². The fourth-order valence-corrected chi connectivity index (χ4v) is 4.61. The molecule has 2 heterocycles. The Kier molecular flexibility index (Phi) is 4.60. The van der Waals surface area contributed by atoms with Crippen LogP contribution in [0, 0.1) is 0 Å². The van der Waals surface area contributed by atoms with Crippen LogP contribution in [0.4, 0.5) is 0 Å². The maximum atomic E-state index is 12.7. The summed E-state index contributed by atoms with van der Waals surface area (Å²) in [4.78, 5) is 0.229. The number of nitrogens with zero attached hydrogens (tertiary/aromatic N) is 3. The summed E-state index contributed by atoms with van der Waals surface area (Å²) in [7, 11) is -3.53. The molecule has 2 aromatic rings. The Balaban J connectivity index is 0.00000147. The molecule has 1 atom stereocenters. The van der Waals surface area contributed by atoms with Crippen LogP contribution in [0.3, 0.4) is 0 Å². The van der Waals surface area contributed by atoms with Crippen molar-refractivity contribution in [3.63, 3.8) is 0 Å². The molecule has 1 aliphatic rings. The summed E-state index contributed by atoms with van der Waals surface area (Å²) in [6.45, 7) is 0.889. The molecule has 1 saturated heterocycles. The van der Waals surface area contributed by atoms with E-state index < -0.39 is 10.0 Å². The van der Waals surface area contributed by atoms with Crippen LogP contribution in [0.25, 0.3) is 11.0 Å². The number of hydrogen-bond donors (Lipinski definition) is 1. The molecule has 110 valence electrons. The maximum Gasteiger partial charge on any atom is 0.245 e. The number of piperidine rings is 1. The number of hydrogen-bond acceptors (Lipinski definition) is 6. The molecule has 9 heteroatoms. The summed E-state index contributed by atoms with van der Waals surface area (Å²) in [5, 5.41) is 0. The van der Waals surface area contributed by atoms with E-state index in [0.717, 1.165) is 24.6 Å². The maximum absolute atomic E-state index is 12.7. The molecule has 3 rings (SSSR count). The number of rotatable bonds is 2. The van der Waals surface area contributed by atoms with Crippen LogP contribution < -0.4 is 5.73 Å². The van der Waals surface area contributed by atoms with Gasteiger partial charge in [0.15, 0.2) is 0 Å². The van der Waals surface area contributed by atoms with Crippen LogP contribution in [-0.2, 0) is 10.0 Å². The van der Waals surface area contributed by atoms with Gasteiger partial charge in [0.05, 0.1) is 11.7 Å². The second-order valence-corrected chi connectivity index (χ2v) is 7.09. The van der Waals surface area contributed by atoms with E-state index in [0.29, 0.717) is 24.1 Å². The van der Waals surface area contributed by atoms with Crippen LogP contribution in [0.2, 0.25) is 0 Å². The van der Waals surface area contributed by atoms with Gasteiger partial charge in [-0.25, -0.2) is 8.42 Å². The Morgan fingerprint density at radius 3 is 2.90 bits per heavy atom. The highest BCUT2D eigenvalue weighted by molar-refractivity contribution is 7.89. The van der Waals surface area contributed by atoms with E-state index in [2.05, 4.69) is 8.75 Å². The zero-order valence-electron chi connectivity index (χ0n) is 10.6. The van der Waals surface area contributed by atoms with Gasteiger partial charge in [-0.1, -0.05) is 6.07 Å². The lowest BCUT2D eigenvalue weighted by Crippen LogP contribution is -2.45. The van der Waals surface area contributed by atoms with Crippen molar-refractivity contribution in [1.29, 1.82) is 0 Å². The van der Waals surface area contributed by atoms with Crippen molar-refractivity contribution in [3.05, 3.63) is 18.2 Å². The van der Waals surface area contributed by atoms with Gasteiger partial charge in [0.1, 0.15) is 15.9 Å². The van der Waals surface area contributed by atoms with Gasteiger partial charge in [-0.3, -0.25) is 0 Å². The van der Waals surface area contributed by atoms with Gasteiger partial charge in [0, 0.05) is 19.1 Å². The van der Waals surface area contributed by atoms with Crippen LogP contribution in [0.1, 0.15) is 12.8 Å². The second-order valence-electron chi connectivity index (χ2n) is 4.65. The molecule has 0 aliphatic carbocycles. The van der Waals surface area contributed by atoms with E-state index in [1.54, 1.807) is 18.2 Å². The van der Waals surface area contributed by atoms with Gasteiger partial charge in [0.2, 0.25) is 10.0 Å². The van der Waals surface area contributed by atoms with Crippen LogP contribution in [0.15, 0.2) is 23.1 Å². The molecule has 1 fully saturated rings. The molecule has 20 heavy (non-hydrogen) atoms. The molecule has 1 aromatic heterocycles. The molecule has 2 N–H and O–H groups in total. The fourth-order valence-electron chi connectivity index (χ4n) is 2.32. The Morgan fingerprint density at radius 1 is 1.35 bits per heavy atom. The molecular weight excluding hydrogens is 320 g/mol. The van der Waals surface area contributed by atoms with Gasteiger partial charge < -0.3 is 5.73 Å². The van der Waals surface area contributed by atoms with Gasteiger partial charge in [-0.15, -0.1) is 12.4 Å². The first-order valence-corrected chi connectivity index (χ1v) is 8.23. The first-order valence-electron chi connectivity index (χ1n) is 6.06. The van der Waals surface area contributed by atoms with Crippen LogP contribution in [-0.4, -0.2) is 40.6 Å². The molecular formula is C11H15ClN4O2S2. The summed E-state index contributed by atoms with van der Waals surface area (Å²) in [6.07, 6.45) is 1.67. The largest absolute Gasteiger partial charge is 0.327 e. The van der Waals surface area contributed by atoms with Crippen molar-refractivity contribution in [3.8, 4) is 0 Å². The minimum atomic E-state index is -3.53. The van der Waals surface area contributed by atoms with Gasteiger partial charge in [0.25, 0.3) is 0 Å². The summed E-state index contributed by atoms with van der Waals surface area (Å²) in [6, 6.07) is 4.95. The number of fused-ring (bicyclic) bond motifs is 1. The predicted octanol–water partition coefficient (Wildman–Crippen LogP) is 1.22. The molecule has 6 nitrogen and oxygen atoms in total. The number of aromatic nitrogens is 2. The first kappa shape index (κ1) is 15.6. The number of nitrogens with two attached hydrogens (primary N) is 1. The lowest BCUT2D eigenvalue weighted by Gasteiger charge is -2.29. The third-order valence-electron chi connectivity index (χ3n) is 3.29. The third kappa shape index (κ3) is 2.66. The summed E-state index contributed by atoms with van der Waals surface area (Å²) in [5.74, 6) is 0. The first-order chi connectivity index (χ1) is 9.09. The topological polar surface area (TPSA) is 89.2 Å². The van der Waals surface area contributed by atoms with E-state index in [9.17, 15) is 8.42 Å². The Labute approximate surface area is 127 Å². The minimum Gasteiger partial charge on any atom is -0.327 e. The van der Waals surface area contributed by atoms with E-state index in [-0.39, 0.29) is 23.3 Å². The minimum absolute atomic E-state index is 0. The van der Waals surface area contributed by atoms with E-state index >= 15 is 0 Å². The zero-order chi connectivity index (χ0) is 13.5. The summed E-state index contributed by atoms with van der Waals surface area (Å²) >= 11 is 1.02. The highest BCUT2D eigenvalue weighted by Gasteiger charge is 2.30. The zero-order valence-corrected chi connectivity index (χ0v) is 13.0. The monoisotopic (exact) mass is 334 g/mol. The smallest absolute Gasteiger partial charge is 0.245 e. The number of benzene rings is 1. The quantitative estimate of drug-likeness (QED) is 0.892. The lowest BCUT2D eigenvalue weighted by molar-refractivity contribution is 0.316. The lowest BCUT2D eigenvalue weighted by atomic mass is 10.1. The summed E-state index contributed by atoms with van der Waals surface area (Å²) in [5.41, 5.74) is 6.93.